The molecule has 0 aliphatic heterocycles. The number of nitrogens with zero attached hydrogens (tertiary/aromatic N) is 1. The first kappa shape index (κ1) is 21.1. The lowest BCUT2D eigenvalue weighted by atomic mass is 10.1. The third kappa shape index (κ3) is 9.94. The summed E-state index contributed by atoms with van der Waals surface area (Å²) in [5.74, 6) is 0.602. The fraction of sp³-hybridized carbons (Fsp3) is 0.562. The van der Waals surface area contributed by atoms with Crippen LogP contribution in [0.4, 0.5) is 4.39 Å². The van der Waals surface area contributed by atoms with E-state index in [4.69, 9.17) is 4.74 Å². The van der Waals surface area contributed by atoms with Crippen molar-refractivity contribution < 1.29 is 9.13 Å². The zero-order chi connectivity index (χ0) is 15.3. The molecular formula is C16H27FIN3O. The van der Waals surface area contributed by atoms with Crippen molar-refractivity contribution in [3.8, 4) is 0 Å². The van der Waals surface area contributed by atoms with Gasteiger partial charge in [-0.2, -0.15) is 0 Å². The molecule has 0 atom stereocenters. The molecule has 1 rings (SSSR count). The number of benzene rings is 1. The molecule has 0 aromatic heterocycles. The normalized spacial score (nSPS) is 11.0. The number of rotatable bonds is 9. The van der Waals surface area contributed by atoms with Crippen molar-refractivity contribution in [3.63, 3.8) is 0 Å². The van der Waals surface area contributed by atoms with Gasteiger partial charge in [-0.1, -0.05) is 12.1 Å². The Balaban J connectivity index is 0.00000441. The van der Waals surface area contributed by atoms with Gasteiger partial charge in [0.05, 0.1) is 0 Å². The molecule has 0 fully saturated rings. The van der Waals surface area contributed by atoms with Crippen LogP contribution in [0.25, 0.3) is 0 Å². The Morgan fingerprint density at radius 3 is 2.45 bits per heavy atom. The molecule has 2 N–H and O–H groups in total. The maximum Gasteiger partial charge on any atom is 0.190 e. The number of hydrogen-bond donors (Lipinski definition) is 2. The second-order valence-electron chi connectivity index (χ2n) is 4.71. The molecule has 4 nitrogen and oxygen atoms in total. The van der Waals surface area contributed by atoms with Gasteiger partial charge >= 0.3 is 0 Å². The van der Waals surface area contributed by atoms with Crippen LogP contribution in [0.15, 0.2) is 29.3 Å². The van der Waals surface area contributed by atoms with E-state index in [1.54, 1.807) is 19.2 Å². The molecule has 6 heteroatoms. The minimum absolute atomic E-state index is 0. The van der Waals surface area contributed by atoms with Gasteiger partial charge in [-0.3, -0.25) is 4.99 Å². The third-order valence-electron chi connectivity index (χ3n) is 3.06. The SMILES string of the molecule is CCOCCCCNC(=NC)NCCc1ccc(F)cc1.I. The number of nitrogens with one attached hydrogen (secondary N) is 2. The Morgan fingerprint density at radius 1 is 1.14 bits per heavy atom. The highest BCUT2D eigenvalue weighted by molar-refractivity contribution is 14.0. The predicted molar refractivity (Wildman–Crippen MR) is 101 cm³/mol. The fourth-order valence-electron chi connectivity index (χ4n) is 1.88. The Labute approximate surface area is 149 Å². The number of halogens is 2. The first-order chi connectivity index (χ1) is 10.3. The van der Waals surface area contributed by atoms with E-state index in [0.29, 0.717) is 0 Å². The highest BCUT2D eigenvalue weighted by Crippen LogP contribution is 2.02. The van der Waals surface area contributed by atoms with E-state index < -0.39 is 0 Å². The van der Waals surface area contributed by atoms with Gasteiger partial charge in [0.15, 0.2) is 5.96 Å². The van der Waals surface area contributed by atoms with E-state index >= 15 is 0 Å². The van der Waals surface area contributed by atoms with Crippen molar-refractivity contribution in [3.05, 3.63) is 35.6 Å². The zero-order valence-electron chi connectivity index (χ0n) is 13.4. The molecule has 0 aliphatic carbocycles. The Kier molecular flexibility index (Phi) is 13.2. The van der Waals surface area contributed by atoms with Crippen LogP contribution < -0.4 is 10.6 Å². The number of ether oxygens (including phenoxy) is 1. The summed E-state index contributed by atoms with van der Waals surface area (Å²) < 4.78 is 18.1. The molecule has 0 aliphatic rings. The predicted octanol–water partition coefficient (Wildman–Crippen LogP) is 2.97. The quantitative estimate of drug-likeness (QED) is 0.278. The minimum Gasteiger partial charge on any atom is -0.382 e. The van der Waals surface area contributed by atoms with Crippen molar-refractivity contribution in [2.75, 3.05) is 33.4 Å². The second kappa shape index (κ2) is 13.8. The summed E-state index contributed by atoms with van der Waals surface area (Å²) >= 11 is 0. The van der Waals surface area contributed by atoms with Gasteiger partial charge in [0.1, 0.15) is 5.82 Å². The van der Waals surface area contributed by atoms with Gasteiger partial charge in [0.25, 0.3) is 0 Å². The maximum atomic E-state index is 12.8. The highest BCUT2D eigenvalue weighted by atomic mass is 127. The standard InChI is InChI=1S/C16H26FN3O.HI/c1-3-21-13-5-4-11-19-16(18-2)20-12-10-14-6-8-15(17)9-7-14;/h6-9H,3-5,10-13H2,1-2H3,(H2,18,19,20);1H. The van der Waals surface area contributed by atoms with Gasteiger partial charge in [-0.15, -0.1) is 24.0 Å². The molecule has 1 aromatic carbocycles. The van der Waals surface area contributed by atoms with E-state index in [1.165, 1.54) is 12.1 Å². The summed E-state index contributed by atoms with van der Waals surface area (Å²) in [6, 6.07) is 6.59. The number of unbranched alkanes of at least 4 members (excludes halogenated alkanes) is 1. The summed E-state index contributed by atoms with van der Waals surface area (Å²) in [7, 11) is 1.76. The molecule has 0 radical (unpaired) electrons. The lowest BCUT2D eigenvalue weighted by molar-refractivity contribution is 0.143. The topological polar surface area (TPSA) is 45.6 Å². The van der Waals surface area contributed by atoms with Crippen LogP contribution in [0.1, 0.15) is 25.3 Å². The van der Waals surface area contributed by atoms with Gasteiger partial charge < -0.3 is 15.4 Å². The molecule has 0 saturated carbocycles. The van der Waals surface area contributed by atoms with Gasteiger partial charge in [0.2, 0.25) is 0 Å². The van der Waals surface area contributed by atoms with Crippen LogP contribution in [-0.2, 0) is 11.2 Å². The van der Waals surface area contributed by atoms with Crippen LogP contribution in [0.2, 0.25) is 0 Å². The first-order valence-corrected chi connectivity index (χ1v) is 7.53. The Hall–Kier alpha value is -0.890. The molecule has 0 heterocycles. The molecular weight excluding hydrogens is 396 g/mol. The molecule has 22 heavy (non-hydrogen) atoms. The molecule has 0 bridgehead atoms. The van der Waals surface area contributed by atoms with Gasteiger partial charge in [0, 0.05) is 33.4 Å². The second-order valence-corrected chi connectivity index (χ2v) is 4.71. The van der Waals surface area contributed by atoms with Gasteiger partial charge in [-0.05, 0) is 43.9 Å². The van der Waals surface area contributed by atoms with E-state index in [-0.39, 0.29) is 29.8 Å². The molecule has 0 unspecified atom stereocenters. The summed E-state index contributed by atoms with van der Waals surface area (Å²) in [6.45, 7) is 5.24. The maximum absolute atomic E-state index is 12.8. The molecule has 0 amide bonds. The Morgan fingerprint density at radius 2 is 1.82 bits per heavy atom. The number of aliphatic imine (C=N–C) groups is 1. The molecule has 0 saturated heterocycles. The van der Waals surface area contributed by atoms with Gasteiger partial charge in [-0.25, -0.2) is 4.39 Å². The smallest absolute Gasteiger partial charge is 0.190 e. The van der Waals surface area contributed by atoms with Crippen molar-refractivity contribution in [2.45, 2.75) is 26.2 Å². The van der Waals surface area contributed by atoms with E-state index in [0.717, 1.165) is 57.1 Å². The van der Waals surface area contributed by atoms with E-state index in [2.05, 4.69) is 15.6 Å². The average Bonchev–Trinajstić information content (AvgIpc) is 2.50. The number of guanidine groups is 1. The average molecular weight is 423 g/mol. The van der Waals surface area contributed by atoms with Crippen molar-refractivity contribution >= 4 is 29.9 Å². The first-order valence-electron chi connectivity index (χ1n) is 7.53. The Bertz CT molecular complexity index is 412. The van der Waals surface area contributed by atoms with Crippen LogP contribution in [0, 0.1) is 5.82 Å². The summed E-state index contributed by atoms with van der Waals surface area (Å²) in [5.41, 5.74) is 1.11. The van der Waals surface area contributed by atoms with E-state index in [9.17, 15) is 4.39 Å². The summed E-state index contributed by atoms with van der Waals surface area (Å²) in [5, 5.41) is 6.51. The van der Waals surface area contributed by atoms with Crippen LogP contribution in [-0.4, -0.2) is 39.3 Å². The lowest BCUT2D eigenvalue weighted by Gasteiger charge is -2.11. The van der Waals surface area contributed by atoms with Crippen molar-refractivity contribution in [1.29, 1.82) is 0 Å². The minimum atomic E-state index is -0.198. The van der Waals surface area contributed by atoms with Crippen molar-refractivity contribution in [2.24, 2.45) is 4.99 Å². The zero-order valence-corrected chi connectivity index (χ0v) is 15.7. The van der Waals surface area contributed by atoms with Crippen molar-refractivity contribution in [1.82, 2.24) is 10.6 Å². The summed E-state index contributed by atoms with van der Waals surface area (Å²) in [6.07, 6.45) is 2.94. The molecule has 126 valence electrons. The lowest BCUT2D eigenvalue weighted by Crippen LogP contribution is -2.38. The highest BCUT2D eigenvalue weighted by Gasteiger charge is 1.98. The van der Waals surface area contributed by atoms with E-state index in [1.807, 2.05) is 6.92 Å². The number of hydrogen-bond acceptors (Lipinski definition) is 2. The fourth-order valence-corrected chi connectivity index (χ4v) is 1.88. The van der Waals surface area contributed by atoms with Crippen LogP contribution in [0.5, 0.6) is 0 Å². The monoisotopic (exact) mass is 423 g/mol. The molecule has 1 aromatic rings. The third-order valence-corrected chi connectivity index (χ3v) is 3.06. The largest absolute Gasteiger partial charge is 0.382 e. The summed E-state index contributed by atoms with van der Waals surface area (Å²) in [4.78, 5) is 4.17. The van der Waals surface area contributed by atoms with Crippen LogP contribution >= 0.6 is 24.0 Å². The van der Waals surface area contributed by atoms with Crippen LogP contribution in [0.3, 0.4) is 0 Å². The molecule has 0 spiro atoms.